The Bertz CT molecular complexity index is 385. The summed E-state index contributed by atoms with van der Waals surface area (Å²) in [6, 6.07) is 7.39. The molecule has 15 heavy (non-hydrogen) atoms. The molecule has 0 heterocycles. The van der Waals surface area contributed by atoms with Crippen molar-refractivity contribution in [3.63, 3.8) is 0 Å². The van der Waals surface area contributed by atoms with Gasteiger partial charge < -0.3 is 5.11 Å². The molecule has 1 N–H and O–H groups in total. The van der Waals surface area contributed by atoms with E-state index in [-0.39, 0.29) is 0 Å². The first-order valence-corrected chi connectivity index (χ1v) is 5.43. The normalized spacial score (nSPS) is 12.1. The van der Waals surface area contributed by atoms with Crippen molar-refractivity contribution in [2.45, 2.75) is 19.3 Å². The van der Waals surface area contributed by atoms with Gasteiger partial charge in [0.1, 0.15) is 0 Å². The van der Waals surface area contributed by atoms with Gasteiger partial charge in [-0.3, -0.25) is 4.79 Å². The van der Waals surface area contributed by atoms with Crippen molar-refractivity contribution >= 4 is 21.9 Å². The minimum atomic E-state index is -0.815. The van der Waals surface area contributed by atoms with Crippen LogP contribution in [-0.2, 0) is 4.79 Å². The van der Waals surface area contributed by atoms with Crippen LogP contribution < -0.4 is 0 Å². The number of hydrogen-bond donors (Lipinski definition) is 1. The van der Waals surface area contributed by atoms with Crippen LogP contribution in [-0.4, -0.2) is 11.1 Å². The van der Waals surface area contributed by atoms with Crippen molar-refractivity contribution in [3.05, 3.63) is 46.5 Å². The second-order valence-electron chi connectivity index (χ2n) is 3.57. The SMILES string of the molecule is C=C(C)CC(C(=O)O)c1ccccc1Br. The van der Waals surface area contributed by atoms with Crippen LogP contribution in [0, 0.1) is 0 Å². The fourth-order valence-electron chi connectivity index (χ4n) is 1.44. The zero-order chi connectivity index (χ0) is 11.4. The molecule has 0 radical (unpaired) electrons. The van der Waals surface area contributed by atoms with Crippen molar-refractivity contribution < 1.29 is 9.90 Å². The van der Waals surface area contributed by atoms with Gasteiger partial charge in [0.2, 0.25) is 0 Å². The summed E-state index contributed by atoms with van der Waals surface area (Å²) in [6.45, 7) is 5.59. The second-order valence-corrected chi connectivity index (χ2v) is 4.43. The lowest BCUT2D eigenvalue weighted by Crippen LogP contribution is -2.12. The van der Waals surface area contributed by atoms with Crippen LogP contribution in [0.4, 0.5) is 0 Å². The van der Waals surface area contributed by atoms with Crippen molar-refractivity contribution in [2.75, 3.05) is 0 Å². The molecule has 1 atom stereocenters. The molecule has 3 heteroatoms. The number of benzene rings is 1. The van der Waals surface area contributed by atoms with E-state index in [0.29, 0.717) is 6.42 Å². The third-order valence-electron chi connectivity index (χ3n) is 2.13. The average Bonchev–Trinajstić information content (AvgIpc) is 2.15. The van der Waals surface area contributed by atoms with Crippen molar-refractivity contribution in [2.24, 2.45) is 0 Å². The van der Waals surface area contributed by atoms with Gasteiger partial charge in [-0.15, -0.1) is 6.58 Å². The number of carboxylic acids is 1. The van der Waals surface area contributed by atoms with Gasteiger partial charge in [0.05, 0.1) is 5.92 Å². The van der Waals surface area contributed by atoms with Crippen LogP contribution in [0.15, 0.2) is 40.9 Å². The molecule has 0 aromatic heterocycles. The summed E-state index contributed by atoms with van der Waals surface area (Å²) in [6.07, 6.45) is 0.470. The monoisotopic (exact) mass is 268 g/mol. The Morgan fingerprint density at radius 2 is 2.13 bits per heavy atom. The van der Waals surface area contributed by atoms with E-state index in [2.05, 4.69) is 22.5 Å². The van der Waals surface area contributed by atoms with E-state index in [4.69, 9.17) is 5.11 Å². The van der Waals surface area contributed by atoms with Gasteiger partial charge in [-0.1, -0.05) is 39.7 Å². The minimum absolute atomic E-state index is 0.470. The molecule has 80 valence electrons. The Hall–Kier alpha value is -1.09. The number of carboxylic acid groups (broad SMARTS) is 1. The summed E-state index contributed by atoms with van der Waals surface area (Å²) in [5, 5.41) is 9.14. The largest absolute Gasteiger partial charge is 0.481 e. The predicted octanol–water partition coefficient (Wildman–Crippen LogP) is 3.58. The van der Waals surface area contributed by atoms with E-state index in [1.165, 1.54) is 0 Å². The molecule has 0 amide bonds. The molecular formula is C12H13BrO2. The van der Waals surface area contributed by atoms with E-state index in [1.54, 1.807) is 0 Å². The van der Waals surface area contributed by atoms with Crippen LogP contribution in [0.5, 0.6) is 0 Å². The van der Waals surface area contributed by atoms with Crippen molar-refractivity contribution in [3.8, 4) is 0 Å². The molecule has 1 unspecified atom stereocenters. The van der Waals surface area contributed by atoms with Gasteiger partial charge in [0.15, 0.2) is 0 Å². The molecule has 0 saturated carbocycles. The zero-order valence-electron chi connectivity index (χ0n) is 8.53. The lowest BCUT2D eigenvalue weighted by molar-refractivity contribution is -0.138. The summed E-state index contributed by atoms with van der Waals surface area (Å²) < 4.78 is 0.832. The van der Waals surface area contributed by atoms with Crippen LogP contribution in [0.2, 0.25) is 0 Å². The first-order valence-electron chi connectivity index (χ1n) is 4.64. The molecule has 0 aliphatic carbocycles. The lowest BCUT2D eigenvalue weighted by atomic mass is 9.93. The van der Waals surface area contributed by atoms with Crippen molar-refractivity contribution in [1.82, 2.24) is 0 Å². The summed E-state index contributed by atoms with van der Waals surface area (Å²) in [5.74, 6) is -1.33. The Morgan fingerprint density at radius 3 is 2.60 bits per heavy atom. The first kappa shape index (κ1) is 12.0. The van der Waals surface area contributed by atoms with Gasteiger partial charge in [-0.05, 0) is 25.0 Å². The highest BCUT2D eigenvalue weighted by Crippen LogP contribution is 2.29. The van der Waals surface area contributed by atoms with E-state index in [1.807, 2.05) is 31.2 Å². The molecule has 1 aromatic rings. The van der Waals surface area contributed by atoms with Gasteiger partial charge in [-0.25, -0.2) is 0 Å². The highest BCUT2D eigenvalue weighted by molar-refractivity contribution is 9.10. The Balaban J connectivity index is 3.04. The quantitative estimate of drug-likeness (QED) is 0.848. The highest BCUT2D eigenvalue weighted by Gasteiger charge is 2.21. The Morgan fingerprint density at radius 1 is 1.53 bits per heavy atom. The Labute approximate surface area is 97.8 Å². The fraction of sp³-hybridized carbons (Fsp3) is 0.250. The number of hydrogen-bond acceptors (Lipinski definition) is 1. The van der Waals surface area contributed by atoms with Crippen LogP contribution >= 0.6 is 15.9 Å². The molecule has 1 rings (SSSR count). The molecule has 0 fully saturated rings. The molecule has 2 nitrogen and oxygen atoms in total. The number of allylic oxidation sites excluding steroid dienone is 1. The molecule has 0 spiro atoms. The summed E-state index contributed by atoms with van der Waals surface area (Å²) in [5.41, 5.74) is 1.67. The van der Waals surface area contributed by atoms with Crippen LogP contribution in [0.25, 0.3) is 0 Å². The van der Waals surface area contributed by atoms with Gasteiger partial charge in [0, 0.05) is 4.47 Å². The van der Waals surface area contributed by atoms with Gasteiger partial charge >= 0.3 is 5.97 Å². The molecule has 0 saturated heterocycles. The van der Waals surface area contributed by atoms with Crippen molar-refractivity contribution in [1.29, 1.82) is 0 Å². The smallest absolute Gasteiger partial charge is 0.311 e. The second kappa shape index (κ2) is 5.12. The standard InChI is InChI=1S/C12H13BrO2/c1-8(2)7-10(12(14)15)9-5-3-4-6-11(9)13/h3-6,10H,1,7H2,2H3,(H,14,15). The topological polar surface area (TPSA) is 37.3 Å². The minimum Gasteiger partial charge on any atom is -0.481 e. The first-order chi connectivity index (χ1) is 7.02. The average molecular weight is 269 g/mol. The van der Waals surface area contributed by atoms with Crippen LogP contribution in [0.3, 0.4) is 0 Å². The summed E-state index contributed by atoms with van der Waals surface area (Å²) in [4.78, 5) is 11.1. The van der Waals surface area contributed by atoms with Gasteiger partial charge in [-0.2, -0.15) is 0 Å². The molecule has 0 aliphatic rings. The van der Waals surface area contributed by atoms with E-state index in [0.717, 1.165) is 15.6 Å². The number of aliphatic carboxylic acids is 1. The maximum Gasteiger partial charge on any atom is 0.311 e. The van der Waals surface area contributed by atoms with Gasteiger partial charge in [0.25, 0.3) is 0 Å². The third-order valence-corrected chi connectivity index (χ3v) is 2.85. The summed E-state index contributed by atoms with van der Waals surface area (Å²) in [7, 11) is 0. The van der Waals surface area contributed by atoms with Crippen LogP contribution in [0.1, 0.15) is 24.8 Å². The number of halogens is 1. The lowest BCUT2D eigenvalue weighted by Gasteiger charge is -2.14. The zero-order valence-corrected chi connectivity index (χ0v) is 10.1. The third kappa shape index (κ3) is 3.20. The molecule has 0 aliphatic heterocycles. The van der Waals surface area contributed by atoms with E-state index in [9.17, 15) is 4.79 Å². The predicted molar refractivity (Wildman–Crippen MR) is 63.9 cm³/mol. The maximum atomic E-state index is 11.1. The van der Waals surface area contributed by atoms with E-state index >= 15 is 0 Å². The fourth-order valence-corrected chi connectivity index (χ4v) is 2.00. The molecule has 0 bridgehead atoms. The number of carbonyl (C=O) groups is 1. The molecule has 1 aromatic carbocycles. The highest BCUT2D eigenvalue weighted by atomic mass is 79.9. The molecular weight excluding hydrogens is 256 g/mol. The van der Waals surface area contributed by atoms with E-state index < -0.39 is 11.9 Å². The Kier molecular flexibility index (Phi) is 4.09. The maximum absolute atomic E-state index is 11.1. The summed E-state index contributed by atoms with van der Waals surface area (Å²) >= 11 is 3.36. The number of rotatable bonds is 4.